The molecule has 0 spiro atoms. The van der Waals surface area contributed by atoms with Crippen LogP contribution in [-0.2, 0) is 9.59 Å². The number of furan rings is 1. The van der Waals surface area contributed by atoms with E-state index in [0.29, 0.717) is 17.1 Å². The van der Waals surface area contributed by atoms with Gasteiger partial charge < -0.3 is 9.73 Å². The molecule has 0 aliphatic rings. The molecule has 0 atom stereocenters. The fourth-order valence-electron chi connectivity index (χ4n) is 2.08. The average molecular weight is 358 g/mol. The molecule has 1 aromatic heterocycles. The maximum Gasteiger partial charge on any atom is 0.270 e. The molecule has 0 unspecified atom stereocenters. The fraction of sp³-hybridized carbons (Fsp3) is 0.235. The maximum atomic E-state index is 11.6. The minimum Gasteiger partial charge on any atom is -0.455 e. The van der Waals surface area contributed by atoms with Crippen LogP contribution in [0.1, 0.15) is 26.0 Å². The Hall–Kier alpha value is -3.49. The zero-order valence-electron chi connectivity index (χ0n) is 14.3. The molecule has 9 nitrogen and oxygen atoms in total. The molecule has 26 heavy (non-hydrogen) atoms. The van der Waals surface area contributed by atoms with Gasteiger partial charge in [0, 0.05) is 23.7 Å². The molecule has 0 saturated heterocycles. The number of nitro groups is 1. The Morgan fingerprint density at radius 3 is 2.73 bits per heavy atom. The number of rotatable bonds is 7. The number of nitrogens with one attached hydrogen (secondary N) is 2. The zero-order chi connectivity index (χ0) is 19.1. The van der Waals surface area contributed by atoms with Gasteiger partial charge in [-0.2, -0.15) is 5.10 Å². The summed E-state index contributed by atoms with van der Waals surface area (Å²) in [5.74, 6) is -0.167. The van der Waals surface area contributed by atoms with E-state index in [9.17, 15) is 19.7 Å². The number of carbonyl (C=O) groups excluding carboxylic acids is 2. The van der Waals surface area contributed by atoms with Gasteiger partial charge in [-0.1, -0.05) is 12.1 Å². The van der Waals surface area contributed by atoms with Gasteiger partial charge in [-0.25, -0.2) is 5.43 Å². The first-order valence-corrected chi connectivity index (χ1v) is 7.81. The van der Waals surface area contributed by atoms with E-state index in [1.165, 1.54) is 18.3 Å². The number of benzene rings is 1. The van der Waals surface area contributed by atoms with E-state index in [-0.39, 0.29) is 18.2 Å². The van der Waals surface area contributed by atoms with Crippen molar-refractivity contribution in [2.45, 2.75) is 26.3 Å². The van der Waals surface area contributed by atoms with Gasteiger partial charge in [0.2, 0.25) is 11.8 Å². The van der Waals surface area contributed by atoms with Crippen molar-refractivity contribution in [2.24, 2.45) is 5.10 Å². The Bertz CT molecular complexity index is 841. The third-order valence-electron chi connectivity index (χ3n) is 3.12. The van der Waals surface area contributed by atoms with Gasteiger partial charge in [-0.15, -0.1) is 0 Å². The molecular formula is C17H18N4O5. The van der Waals surface area contributed by atoms with Gasteiger partial charge in [0.05, 0.1) is 11.1 Å². The number of nitrogens with zero attached hydrogens (tertiary/aromatic N) is 2. The van der Waals surface area contributed by atoms with Crippen LogP contribution in [0.5, 0.6) is 0 Å². The topological polar surface area (TPSA) is 127 Å². The van der Waals surface area contributed by atoms with Crippen LogP contribution in [0.15, 0.2) is 45.9 Å². The molecule has 136 valence electrons. The Morgan fingerprint density at radius 2 is 2.04 bits per heavy atom. The van der Waals surface area contributed by atoms with Gasteiger partial charge in [0.25, 0.3) is 5.69 Å². The Labute approximate surface area is 149 Å². The van der Waals surface area contributed by atoms with Gasteiger partial charge >= 0.3 is 0 Å². The lowest BCUT2D eigenvalue weighted by atomic mass is 10.1. The first kappa shape index (κ1) is 18.8. The highest BCUT2D eigenvalue weighted by Gasteiger charge is 2.11. The number of hydrazone groups is 1. The van der Waals surface area contributed by atoms with Crippen molar-refractivity contribution in [3.05, 3.63) is 52.3 Å². The molecule has 0 radical (unpaired) electrons. The summed E-state index contributed by atoms with van der Waals surface area (Å²) in [4.78, 5) is 33.3. The van der Waals surface area contributed by atoms with Crippen molar-refractivity contribution in [1.82, 2.24) is 10.7 Å². The molecule has 2 N–H and O–H groups in total. The second-order valence-corrected chi connectivity index (χ2v) is 5.70. The fourth-order valence-corrected chi connectivity index (χ4v) is 2.08. The lowest BCUT2D eigenvalue weighted by Gasteiger charge is -2.06. The van der Waals surface area contributed by atoms with E-state index in [1.54, 1.807) is 38.1 Å². The molecule has 0 saturated carbocycles. The highest BCUT2D eigenvalue weighted by atomic mass is 16.6. The van der Waals surface area contributed by atoms with Gasteiger partial charge in [-0.05, 0) is 26.0 Å². The van der Waals surface area contributed by atoms with E-state index in [1.807, 2.05) is 0 Å². The van der Waals surface area contributed by atoms with Crippen molar-refractivity contribution in [3.63, 3.8) is 0 Å². The van der Waals surface area contributed by atoms with Gasteiger partial charge in [0.1, 0.15) is 17.9 Å². The molecule has 0 aliphatic carbocycles. The van der Waals surface area contributed by atoms with Crippen LogP contribution in [0.4, 0.5) is 5.69 Å². The lowest BCUT2D eigenvalue weighted by molar-refractivity contribution is -0.384. The molecule has 2 amide bonds. The highest BCUT2D eigenvalue weighted by Crippen LogP contribution is 2.25. The van der Waals surface area contributed by atoms with E-state index >= 15 is 0 Å². The van der Waals surface area contributed by atoms with Crippen molar-refractivity contribution < 1.29 is 18.9 Å². The van der Waals surface area contributed by atoms with Crippen LogP contribution >= 0.6 is 0 Å². The molecule has 1 aromatic carbocycles. The molecule has 9 heteroatoms. The first-order chi connectivity index (χ1) is 12.3. The van der Waals surface area contributed by atoms with E-state index in [0.717, 1.165) is 0 Å². The van der Waals surface area contributed by atoms with Crippen LogP contribution < -0.4 is 10.7 Å². The number of hydrogen-bond acceptors (Lipinski definition) is 6. The SMILES string of the molecule is CC(C)NC(=O)CC(=O)N/N=C\c1ccc(-c2cccc([N+](=O)[O-])c2)o1. The normalized spacial score (nSPS) is 10.9. The van der Waals surface area contributed by atoms with Crippen LogP contribution in [0.2, 0.25) is 0 Å². The van der Waals surface area contributed by atoms with E-state index in [2.05, 4.69) is 15.8 Å². The van der Waals surface area contributed by atoms with E-state index in [4.69, 9.17) is 4.42 Å². The zero-order valence-corrected chi connectivity index (χ0v) is 14.3. The Morgan fingerprint density at radius 1 is 1.27 bits per heavy atom. The third kappa shape index (κ3) is 5.55. The quantitative estimate of drug-likeness (QED) is 0.339. The van der Waals surface area contributed by atoms with Crippen molar-refractivity contribution >= 4 is 23.7 Å². The lowest BCUT2D eigenvalue weighted by Crippen LogP contribution is -2.34. The van der Waals surface area contributed by atoms with Gasteiger partial charge in [-0.3, -0.25) is 19.7 Å². The molecule has 2 aromatic rings. The standard InChI is InChI=1S/C17H18N4O5/c1-11(2)19-16(22)9-17(23)20-18-10-14-6-7-15(26-14)12-4-3-5-13(8-12)21(24)25/h3-8,10-11H,9H2,1-2H3,(H,19,22)(H,20,23)/b18-10-. The highest BCUT2D eigenvalue weighted by molar-refractivity contribution is 5.97. The predicted octanol–water partition coefficient (Wildman–Crippen LogP) is 2.22. The summed E-state index contributed by atoms with van der Waals surface area (Å²) >= 11 is 0. The molecule has 0 bridgehead atoms. The Balaban J connectivity index is 1.95. The summed E-state index contributed by atoms with van der Waals surface area (Å²) in [6, 6.07) is 9.23. The van der Waals surface area contributed by atoms with Crippen molar-refractivity contribution in [1.29, 1.82) is 0 Å². The third-order valence-corrected chi connectivity index (χ3v) is 3.12. The molecule has 2 rings (SSSR count). The van der Waals surface area contributed by atoms with Crippen LogP contribution in [0.3, 0.4) is 0 Å². The monoisotopic (exact) mass is 358 g/mol. The summed E-state index contributed by atoms with van der Waals surface area (Å²) in [7, 11) is 0. The first-order valence-electron chi connectivity index (χ1n) is 7.81. The maximum absolute atomic E-state index is 11.6. The summed E-state index contributed by atoms with van der Waals surface area (Å²) in [6.45, 7) is 3.59. The van der Waals surface area contributed by atoms with Crippen LogP contribution in [0, 0.1) is 10.1 Å². The molecule has 1 heterocycles. The van der Waals surface area contributed by atoms with Gasteiger partial charge in [0.15, 0.2) is 0 Å². The number of hydrogen-bond donors (Lipinski definition) is 2. The minimum atomic E-state index is -0.551. The second-order valence-electron chi connectivity index (χ2n) is 5.70. The summed E-state index contributed by atoms with van der Waals surface area (Å²) in [5.41, 5.74) is 2.74. The number of amides is 2. The molecule has 0 fully saturated rings. The van der Waals surface area contributed by atoms with Crippen LogP contribution in [0.25, 0.3) is 11.3 Å². The molecule has 0 aliphatic heterocycles. The predicted molar refractivity (Wildman–Crippen MR) is 94.4 cm³/mol. The largest absolute Gasteiger partial charge is 0.455 e. The summed E-state index contributed by atoms with van der Waals surface area (Å²) in [6.07, 6.45) is 0.950. The Kier molecular flexibility index (Phi) is 6.20. The minimum absolute atomic E-state index is 0.0407. The van der Waals surface area contributed by atoms with Crippen molar-refractivity contribution in [3.8, 4) is 11.3 Å². The number of non-ortho nitro benzene ring substituents is 1. The van der Waals surface area contributed by atoms with E-state index < -0.39 is 16.7 Å². The average Bonchev–Trinajstić information content (AvgIpc) is 3.03. The van der Waals surface area contributed by atoms with Crippen LogP contribution in [-0.4, -0.2) is 29.0 Å². The second kappa shape index (κ2) is 8.56. The summed E-state index contributed by atoms with van der Waals surface area (Å²) < 4.78 is 5.52. The smallest absolute Gasteiger partial charge is 0.270 e. The molecular weight excluding hydrogens is 340 g/mol. The number of nitro benzene ring substituents is 1. The summed E-state index contributed by atoms with van der Waals surface area (Å²) in [5, 5.41) is 17.1. The van der Waals surface area contributed by atoms with Crippen molar-refractivity contribution in [2.75, 3.05) is 0 Å². The number of carbonyl (C=O) groups is 2.